The first-order valence-corrected chi connectivity index (χ1v) is 6.16. The molecule has 0 aliphatic heterocycles. The largest absolute Gasteiger partial charge is 0.396 e. The SMILES string of the molecule is NCCNC(=O)C(=O)Nc1cccc(CCCO)c1. The number of carbonyl (C=O) groups is 2. The molecule has 0 unspecified atom stereocenters. The van der Waals surface area contributed by atoms with Gasteiger partial charge in [-0.15, -0.1) is 0 Å². The number of nitrogens with one attached hydrogen (secondary N) is 2. The van der Waals surface area contributed by atoms with Crippen LogP contribution in [-0.4, -0.2) is 36.6 Å². The van der Waals surface area contributed by atoms with Crippen molar-refractivity contribution in [1.29, 1.82) is 0 Å². The molecule has 104 valence electrons. The Hall–Kier alpha value is -1.92. The number of hydrogen-bond acceptors (Lipinski definition) is 4. The van der Waals surface area contributed by atoms with Crippen LogP contribution in [0.3, 0.4) is 0 Å². The van der Waals surface area contributed by atoms with Crippen molar-refractivity contribution < 1.29 is 14.7 Å². The maximum atomic E-state index is 11.5. The smallest absolute Gasteiger partial charge is 0.313 e. The summed E-state index contributed by atoms with van der Waals surface area (Å²) in [4.78, 5) is 22.9. The van der Waals surface area contributed by atoms with Gasteiger partial charge in [0.05, 0.1) is 0 Å². The molecule has 1 aromatic rings. The average Bonchev–Trinajstić information content (AvgIpc) is 2.42. The Bertz CT molecular complexity index is 435. The molecule has 1 rings (SSSR count). The fraction of sp³-hybridized carbons (Fsp3) is 0.385. The summed E-state index contributed by atoms with van der Waals surface area (Å²) in [5.41, 5.74) is 6.78. The summed E-state index contributed by atoms with van der Waals surface area (Å²) in [6.07, 6.45) is 1.38. The zero-order valence-corrected chi connectivity index (χ0v) is 10.7. The Kier molecular flexibility index (Phi) is 6.56. The number of aliphatic hydroxyl groups is 1. The van der Waals surface area contributed by atoms with Crippen LogP contribution in [0, 0.1) is 0 Å². The molecule has 0 fully saturated rings. The Morgan fingerprint density at radius 2 is 2.05 bits per heavy atom. The van der Waals surface area contributed by atoms with E-state index in [-0.39, 0.29) is 19.7 Å². The molecule has 5 N–H and O–H groups in total. The number of anilines is 1. The van der Waals surface area contributed by atoms with Gasteiger partial charge in [0.25, 0.3) is 0 Å². The highest BCUT2D eigenvalue weighted by Crippen LogP contribution is 2.12. The standard InChI is InChI=1S/C13H19N3O3/c14-6-7-15-12(18)13(19)16-11-5-1-3-10(9-11)4-2-8-17/h1,3,5,9,17H,2,4,6-8,14H2,(H,15,18)(H,16,19). The second kappa shape index (κ2) is 8.23. The monoisotopic (exact) mass is 265 g/mol. The molecule has 19 heavy (non-hydrogen) atoms. The lowest BCUT2D eigenvalue weighted by Crippen LogP contribution is -2.37. The van der Waals surface area contributed by atoms with Crippen LogP contribution in [0.5, 0.6) is 0 Å². The fourth-order valence-electron chi connectivity index (χ4n) is 1.54. The molecule has 0 aliphatic carbocycles. The minimum atomic E-state index is -0.715. The molecule has 1 aromatic carbocycles. The van der Waals surface area contributed by atoms with Crippen molar-refractivity contribution in [1.82, 2.24) is 5.32 Å². The van der Waals surface area contributed by atoms with Gasteiger partial charge in [0.1, 0.15) is 0 Å². The number of hydrogen-bond donors (Lipinski definition) is 4. The number of nitrogens with two attached hydrogens (primary N) is 1. The molecule has 0 aliphatic rings. The molecule has 0 bridgehead atoms. The van der Waals surface area contributed by atoms with Crippen LogP contribution in [0.15, 0.2) is 24.3 Å². The van der Waals surface area contributed by atoms with Gasteiger partial charge in [-0.3, -0.25) is 9.59 Å². The molecule has 0 aromatic heterocycles. The summed E-state index contributed by atoms with van der Waals surface area (Å²) in [5.74, 6) is -1.42. The summed E-state index contributed by atoms with van der Waals surface area (Å²) < 4.78 is 0. The molecule has 0 saturated carbocycles. The first-order valence-electron chi connectivity index (χ1n) is 6.16. The van der Waals surface area contributed by atoms with Crippen LogP contribution in [0.1, 0.15) is 12.0 Å². The predicted octanol–water partition coefficient (Wildman–Crippen LogP) is -0.375. The molecule has 0 radical (unpaired) electrons. The zero-order valence-electron chi connectivity index (χ0n) is 10.7. The molecule has 0 spiro atoms. The van der Waals surface area contributed by atoms with Crippen molar-refractivity contribution in [2.24, 2.45) is 5.73 Å². The number of rotatable bonds is 6. The van der Waals surface area contributed by atoms with E-state index in [0.717, 1.165) is 12.0 Å². The lowest BCUT2D eigenvalue weighted by atomic mass is 10.1. The topological polar surface area (TPSA) is 104 Å². The third-order valence-electron chi connectivity index (χ3n) is 2.44. The number of benzene rings is 1. The zero-order chi connectivity index (χ0) is 14.1. The van der Waals surface area contributed by atoms with Gasteiger partial charge >= 0.3 is 11.8 Å². The lowest BCUT2D eigenvalue weighted by molar-refractivity contribution is -0.136. The van der Waals surface area contributed by atoms with E-state index >= 15 is 0 Å². The molecule has 0 heterocycles. The number of aryl methyl sites for hydroxylation is 1. The third kappa shape index (κ3) is 5.50. The summed E-state index contributed by atoms with van der Waals surface area (Å²) in [7, 11) is 0. The van der Waals surface area contributed by atoms with Crippen LogP contribution in [-0.2, 0) is 16.0 Å². The molecule has 2 amide bonds. The van der Waals surface area contributed by atoms with Gasteiger partial charge in [0, 0.05) is 25.4 Å². The van der Waals surface area contributed by atoms with Gasteiger partial charge in [0.15, 0.2) is 0 Å². The van der Waals surface area contributed by atoms with Crippen molar-refractivity contribution >= 4 is 17.5 Å². The highest BCUT2D eigenvalue weighted by molar-refractivity contribution is 6.39. The van der Waals surface area contributed by atoms with Crippen LogP contribution >= 0.6 is 0 Å². The molecular weight excluding hydrogens is 246 g/mol. The third-order valence-corrected chi connectivity index (χ3v) is 2.44. The van der Waals surface area contributed by atoms with Crippen LogP contribution < -0.4 is 16.4 Å². The van der Waals surface area contributed by atoms with E-state index in [0.29, 0.717) is 12.1 Å². The summed E-state index contributed by atoms with van der Waals surface area (Å²) >= 11 is 0. The van der Waals surface area contributed by atoms with E-state index in [4.69, 9.17) is 10.8 Å². The second-order valence-corrected chi connectivity index (χ2v) is 4.03. The van der Waals surface area contributed by atoms with Crippen LogP contribution in [0.2, 0.25) is 0 Å². The van der Waals surface area contributed by atoms with E-state index in [1.54, 1.807) is 18.2 Å². The van der Waals surface area contributed by atoms with Gasteiger partial charge in [0.2, 0.25) is 0 Å². The van der Waals surface area contributed by atoms with E-state index < -0.39 is 11.8 Å². The van der Waals surface area contributed by atoms with Gasteiger partial charge in [-0.2, -0.15) is 0 Å². The minimum absolute atomic E-state index is 0.123. The van der Waals surface area contributed by atoms with Gasteiger partial charge in [-0.25, -0.2) is 0 Å². The van der Waals surface area contributed by atoms with Crippen molar-refractivity contribution in [3.63, 3.8) is 0 Å². The Labute approximate surface area is 112 Å². The van der Waals surface area contributed by atoms with E-state index in [1.807, 2.05) is 6.07 Å². The highest BCUT2D eigenvalue weighted by Gasteiger charge is 2.12. The maximum absolute atomic E-state index is 11.5. The summed E-state index contributed by atoms with van der Waals surface area (Å²) in [5, 5.41) is 13.7. The second-order valence-electron chi connectivity index (χ2n) is 4.03. The molecule has 6 heteroatoms. The number of carbonyl (C=O) groups excluding carboxylic acids is 2. The highest BCUT2D eigenvalue weighted by atomic mass is 16.3. The van der Waals surface area contributed by atoms with E-state index in [9.17, 15) is 9.59 Å². The van der Waals surface area contributed by atoms with Gasteiger partial charge < -0.3 is 21.5 Å². The van der Waals surface area contributed by atoms with E-state index in [1.165, 1.54) is 0 Å². The minimum Gasteiger partial charge on any atom is -0.396 e. The Balaban J connectivity index is 2.56. The van der Waals surface area contributed by atoms with Crippen molar-refractivity contribution in [3.8, 4) is 0 Å². The molecular formula is C13H19N3O3. The normalized spacial score (nSPS) is 10.0. The Morgan fingerprint density at radius 1 is 1.26 bits per heavy atom. The first-order chi connectivity index (χ1) is 9.17. The quantitative estimate of drug-likeness (QED) is 0.526. The van der Waals surface area contributed by atoms with Crippen LogP contribution in [0.4, 0.5) is 5.69 Å². The molecule has 0 saturated heterocycles. The summed E-state index contributed by atoms with van der Waals surface area (Å²) in [6.45, 7) is 0.677. The molecule has 0 atom stereocenters. The maximum Gasteiger partial charge on any atom is 0.313 e. The summed E-state index contributed by atoms with van der Waals surface area (Å²) in [6, 6.07) is 7.18. The number of amides is 2. The van der Waals surface area contributed by atoms with Gasteiger partial charge in [-0.1, -0.05) is 12.1 Å². The van der Waals surface area contributed by atoms with Crippen LogP contribution in [0.25, 0.3) is 0 Å². The van der Waals surface area contributed by atoms with Gasteiger partial charge in [-0.05, 0) is 30.5 Å². The van der Waals surface area contributed by atoms with Crippen molar-refractivity contribution in [3.05, 3.63) is 29.8 Å². The Morgan fingerprint density at radius 3 is 2.74 bits per heavy atom. The predicted molar refractivity (Wildman–Crippen MR) is 72.5 cm³/mol. The fourth-order valence-corrected chi connectivity index (χ4v) is 1.54. The number of aliphatic hydroxyl groups excluding tert-OH is 1. The van der Waals surface area contributed by atoms with Crippen molar-refractivity contribution in [2.45, 2.75) is 12.8 Å². The van der Waals surface area contributed by atoms with Crippen molar-refractivity contribution in [2.75, 3.05) is 25.0 Å². The lowest BCUT2D eigenvalue weighted by Gasteiger charge is -2.07. The van der Waals surface area contributed by atoms with E-state index in [2.05, 4.69) is 10.6 Å². The molecule has 6 nitrogen and oxygen atoms in total. The average molecular weight is 265 g/mol. The first kappa shape index (κ1) is 15.1.